The van der Waals surface area contributed by atoms with Gasteiger partial charge in [-0.05, 0) is 104 Å². The normalized spacial score (nSPS) is 20.4. The lowest BCUT2D eigenvalue weighted by molar-refractivity contribution is -0.156. The molecule has 0 radical (unpaired) electrons. The molecular weight excluding hydrogens is 1710 g/mol. The summed E-state index contributed by atoms with van der Waals surface area (Å²) in [5.41, 5.74) is 19.8. The van der Waals surface area contributed by atoms with E-state index >= 15 is 9.59 Å². The molecule has 1 unspecified atom stereocenters. The number of ketones is 1. The van der Waals surface area contributed by atoms with Crippen molar-refractivity contribution in [1.29, 1.82) is 0 Å². The summed E-state index contributed by atoms with van der Waals surface area (Å²) in [6, 6.07) is -3.59. The maximum absolute atomic E-state index is 15.0. The Morgan fingerprint density at radius 2 is 1.14 bits per heavy atom. The molecule has 14 atom stereocenters. The van der Waals surface area contributed by atoms with Crippen LogP contribution in [-0.4, -0.2) is 260 Å². The van der Waals surface area contributed by atoms with E-state index in [1.54, 1.807) is 30.5 Å². The third kappa shape index (κ3) is 34.3. The second kappa shape index (κ2) is 52.5. The number of rotatable bonds is 40. The monoisotopic (exact) mass is 1820 g/mol. The van der Waals surface area contributed by atoms with Crippen molar-refractivity contribution in [3.8, 4) is 0 Å². The summed E-state index contributed by atoms with van der Waals surface area (Å²) in [4.78, 5) is 281. The Hall–Kier alpha value is -13.6. The summed E-state index contributed by atoms with van der Waals surface area (Å²) in [6.45, 7) is 0.117. The molecule has 0 aliphatic carbocycles. The van der Waals surface area contributed by atoms with Gasteiger partial charge in [-0.15, -0.1) is 11.3 Å². The number of aliphatic hydroxyl groups excluding tert-OH is 2. The maximum Gasteiger partial charge on any atom is 0.329 e. The molecule has 0 spiro atoms. The number of carbonyl (C=O) groups excluding carboxylic acids is 17. The van der Waals surface area contributed by atoms with Crippen LogP contribution in [-0.2, 0) is 109 Å². The summed E-state index contributed by atoms with van der Waals surface area (Å²) >= 11 is 1.49. The Morgan fingerprint density at radius 1 is 0.558 bits per heavy atom. The van der Waals surface area contributed by atoms with Gasteiger partial charge >= 0.3 is 23.9 Å². The third-order valence-corrected chi connectivity index (χ3v) is 21.8. The minimum atomic E-state index is -2.38. The number of benzene rings is 3. The van der Waals surface area contributed by atoms with Crippen LogP contribution in [0.5, 0.6) is 0 Å². The van der Waals surface area contributed by atoms with Crippen molar-refractivity contribution < 1.29 is 126 Å². The molecule has 6 rings (SSSR count). The quantitative estimate of drug-likeness (QED) is 0.00787. The zero-order chi connectivity index (χ0) is 95.1. The van der Waals surface area contributed by atoms with Gasteiger partial charge in [0.15, 0.2) is 5.78 Å². The lowest BCUT2D eigenvalue weighted by atomic mass is 9.96. The smallest absolute Gasteiger partial charge is 0.329 e. The number of thiophene rings is 1. The first-order valence-corrected chi connectivity index (χ1v) is 42.8. The van der Waals surface area contributed by atoms with Gasteiger partial charge in [0, 0.05) is 65.5 Å². The van der Waals surface area contributed by atoms with Gasteiger partial charge < -0.3 is 127 Å². The number of carboxylic acids is 3. The van der Waals surface area contributed by atoms with Crippen LogP contribution in [0.1, 0.15) is 158 Å². The largest absolute Gasteiger partial charge is 0.481 e. The number of esters is 1. The second-order valence-corrected chi connectivity index (χ2v) is 32.0. The van der Waals surface area contributed by atoms with Gasteiger partial charge in [-0.2, -0.15) is 0 Å². The fourth-order valence-electron chi connectivity index (χ4n) is 13.7. The predicted molar refractivity (Wildman–Crippen MR) is 462 cm³/mol. The Kier molecular flexibility index (Phi) is 42.4. The van der Waals surface area contributed by atoms with Crippen molar-refractivity contribution in [3.63, 3.8) is 0 Å². The van der Waals surface area contributed by atoms with Crippen LogP contribution in [0.3, 0.4) is 0 Å². The van der Waals surface area contributed by atoms with E-state index in [9.17, 15) is 112 Å². The van der Waals surface area contributed by atoms with Crippen LogP contribution in [0.15, 0.2) is 84.4 Å². The predicted octanol–water partition coefficient (Wildman–Crippen LogP) is -3.38. The summed E-state index contributed by atoms with van der Waals surface area (Å²) in [5.74, 6) is -28.1. The molecule has 45 heteroatoms. The van der Waals surface area contributed by atoms with Crippen LogP contribution >= 0.6 is 11.3 Å². The van der Waals surface area contributed by atoms with Gasteiger partial charge in [0.25, 0.3) is 0 Å². The highest BCUT2D eigenvalue weighted by Crippen LogP contribution is 2.28. The Morgan fingerprint density at radius 3 is 1.79 bits per heavy atom. The molecular formula is C84H114N18O26S. The van der Waals surface area contributed by atoms with Crippen molar-refractivity contribution in [3.05, 3.63) is 101 Å². The van der Waals surface area contributed by atoms with Crippen molar-refractivity contribution in [1.82, 2.24) is 79.4 Å². The number of anilines is 1. The molecule has 1 saturated heterocycles. The van der Waals surface area contributed by atoms with E-state index < -0.39 is 274 Å². The number of carbonyl (C=O) groups is 20. The van der Waals surface area contributed by atoms with Gasteiger partial charge in [-0.3, -0.25) is 91.1 Å². The summed E-state index contributed by atoms with van der Waals surface area (Å²) < 4.78 is 6.79. The number of cyclic esters (lactones) is 1. The number of hydrogen-bond donors (Lipinski definition) is 23. The molecule has 44 nitrogen and oxygen atoms in total. The Bertz CT molecular complexity index is 4850. The van der Waals surface area contributed by atoms with E-state index in [0.29, 0.717) is 35.7 Å². The Labute approximate surface area is 743 Å². The molecule has 3 aromatic carbocycles. The lowest BCUT2D eigenvalue weighted by Gasteiger charge is -2.30. The zero-order valence-corrected chi connectivity index (χ0v) is 72.4. The number of aliphatic hydroxyl groups is 2. The van der Waals surface area contributed by atoms with Crippen molar-refractivity contribution in [2.24, 2.45) is 17.4 Å². The molecule has 0 saturated carbocycles. The second-order valence-electron chi connectivity index (χ2n) is 31.1. The number of H-pyrrole nitrogens is 1. The number of Topliss-reactive ketones (excluding diaryl/α,β-unsaturated/α-hetero) is 1. The number of hydrogen-bond acceptors (Lipinski definition) is 26. The van der Waals surface area contributed by atoms with Crippen LogP contribution in [0, 0.1) is 5.92 Å². The van der Waals surface area contributed by atoms with E-state index in [4.69, 9.17) is 21.9 Å². The van der Waals surface area contributed by atoms with Crippen LogP contribution in [0.2, 0.25) is 0 Å². The number of aryl methyl sites for hydroxylation is 1. The van der Waals surface area contributed by atoms with Gasteiger partial charge in [0.05, 0.1) is 51.4 Å². The molecule has 26 N–H and O–H groups in total. The standard InChI is InChI=1S/C84H114N18O26S/c1-5-6-7-8-9-10-11-26-65(107)94-56(33-47-38-89-53-23-16-13-19-48(47)53)79(122)98-57(35-64(87)106)80(123)96-55(29-31-103)77(120)102-72-45(4)128-84(127)60(34-62(105)50-21-12-15-22-51(50)85)100-83(126)71(43(2)32-68(110)111)101-81(124)61(41-104)95-67(109)39-90-75(118)58(36-69(112)113)97-73(116)44(3)92-78(121)59(37-70(114)115)99-76(119)54(93-66(108)40-91-82(72)125)24-18-30-88-74(117)52(86)28-27-46-42-129-63-25-17-14-20-49(46)63/h12-17,19-23,25,38,42-45,52,54-61,71-72,89,103-104H,5-11,18,24,26-37,39-41,85-86H2,1-4H3,(H2,87,106)(H,88,117)(H,90,118)(H,91,125)(H,92,121)(H,93,108)(H,94,107)(H,95,109)(H,96,123)(H,97,116)(H,98,122)(H,99,119)(H,100,126)(H,101,124)(H,102,120)(H,110,111)(H,112,113)(H,114,115)/t43-,44-,45-,52?,54+,55+,56+,57+,58+,59+,60+,61-,71+,72+/m1/s1. The number of aliphatic carboxylic acids is 3. The number of ether oxygens (including phenoxy) is 1. The average molecular weight is 1820 g/mol. The van der Waals surface area contributed by atoms with Crippen molar-refractivity contribution in [2.45, 2.75) is 228 Å². The van der Waals surface area contributed by atoms with Crippen LogP contribution in [0.25, 0.3) is 21.0 Å². The van der Waals surface area contributed by atoms with Crippen LogP contribution < -0.4 is 91.6 Å². The molecule has 1 aliphatic heterocycles. The number of nitrogens with one attached hydrogen (secondary N) is 15. The lowest BCUT2D eigenvalue weighted by Crippen LogP contribution is -2.61. The molecule has 129 heavy (non-hydrogen) atoms. The number of fused-ring (bicyclic) bond motifs is 2. The number of unbranched alkanes of at least 4 members (excludes halogenated alkanes) is 6. The van der Waals surface area contributed by atoms with Crippen molar-refractivity contribution >= 4 is 156 Å². The average Bonchev–Trinajstić information content (AvgIpc) is 1.73. The van der Waals surface area contributed by atoms with Gasteiger partial charge in [0.1, 0.15) is 72.6 Å². The topological polar surface area (TPSA) is 714 Å². The molecule has 5 aromatic rings. The van der Waals surface area contributed by atoms with Gasteiger partial charge in [-0.1, -0.05) is 101 Å². The first-order valence-electron chi connectivity index (χ1n) is 41.9. The maximum atomic E-state index is 15.0. The van der Waals surface area contributed by atoms with Gasteiger partial charge in [-0.25, -0.2) is 4.79 Å². The Balaban J connectivity index is 1.41. The number of amides is 15. The molecule has 702 valence electrons. The molecule has 1 fully saturated rings. The summed E-state index contributed by atoms with van der Waals surface area (Å²) in [5, 5.41) is 85.9. The molecule has 2 aromatic heterocycles. The SMILES string of the molecule is CCCCCCCCCC(=O)N[C@@H](Cc1c[nH]c2ccccc12)C(=O)N[C@@H](CC(N)=O)C(=O)N[C@@H](CCO)C(=O)N[C@@H]1C(=O)NCC(=O)N[C@@H](CCCNC(=O)C(N)CCc2csc3ccccc23)C(=O)N[C@@H](CC(=O)O)C(=O)N[C@H](C)C(=O)N[C@@H](CC(=O)O)C(=O)NCC(=O)N[C@H](CO)C(=O)N[C@@H]([C@H](C)CC(=O)O)C(=O)N[C@@H](CC(=O)c2ccccc2N)C(=O)O[C@@H]1C. The first kappa shape index (κ1) is 104. The third-order valence-electron chi connectivity index (χ3n) is 20.8. The fourth-order valence-corrected chi connectivity index (χ4v) is 14.7. The highest BCUT2D eigenvalue weighted by Gasteiger charge is 2.41. The highest BCUT2D eigenvalue weighted by molar-refractivity contribution is 7.17. The van der Waals surface area contributed by atoms with Crippen molar-refractivity contribution in [2.75, 3.05) is 38.6 Å². The molecule has 1 aliphatic rings. The number of nitrogen functional groups attached to an aromatic ring is 1. The van der Waals surface area contributed by atoms with Crippen LogP contribution in [0.4, 0.5) is 5.69 Å². The first-order chi connectivity index (χ1) is 61.3. The molecule has 15 amide bonds. The minimum absolute atomic E-state index is 0.00177. The minimum Gasteiger partial charge on any atom is -0.481 e. The highest BCUT2D eigenvalue weighted by atomic mass is 32.1. The number of aromatic nitrogens is 1. The number of carboxylic acid groups (broad SMARTS) is 3. The van der Waals surface area contributed by atoms with Gasteiger partial charge in [0.2, 0.25) is 88.6 Å². The number of primary amides is 1. The summed E-state index contributed by atoms with van der Waals surface area (Å²) in [7, 11) is 0. The molecule has 0 bridgehead atoms. The number of nitrogens with two attached hydrogens (primary N) is 3. The fraction of sp³-hybridized carbons (Fsp3) is 0.500. The summed E-state index contributed by atoms with van der Waals surface area (Å²) in [6.07, 6.45) is -1.15. The van der Waals surface area contributed by atoms with E-state index in [1.165, 1.54) is 35.6 Å². The van der Waals surface area contributed by atoms with E-state index in [0.717, 1.165) is 68.5 Å². The number of aromatic amines is 1. The molecule has 3 heterocycles. The van der Waals surface area contributed by atoms with E-state index in [2.05, 4.69) is 75.7 Å². The zero-order valence-electron chi connectivity index (χ0n) is 71.6. The number of para-hydroxylation sites is 2. The van der Waals surface area contributed by atoms with E-state index in [-0.39, 0.29) is 43.5 Å². The van der Waals surface area contributed by atoms with E-state index in [1.807, 2.05) is 40.3 Å².